The van der Waals surface area contributed by atoms with Crippen LogP contribution in [0.3, 0.4) is 0 Å². The van der Waals surface area contributed by atoms with Gasteiger partial charge in [0, 0.05) is 12.5 Å². The van der Waals surface area contributed by atoms with Gasteiger partial charge in [-0.05, 0) is 18.9 Å². The van der Waals surface area contributed by atoms with Crippen molar-refractivity contribution in [3.05, 3.63) is 29.7 Å². The van der Waals surface area contributed by atoms with Gasteiger partial charge in [0.25, 0.3) is 0 Å². The number of nitrogens with zero attached hydrogens (tertiary/aromatic N) is 2. The van der Waals surface area contributed by atoms with Crippen molar-refractivity contribution in [3.63, 3.8) is 0 Å². The van der Waals surface area contributed by atoms with Gasteiger partial charge in [-0.15, -0.1) is 0 Å². The summed E-state index contributed by atoms with van der Waals surface area (Å²) in [6.07, 6.45) is 5.66. The number of isocyanates is 1. The van der Waals surface area contributed by atoms with Crippen LogP contribution in [0.15, 0.2) is 27.6 Å². The number of aromatic nitrogens is 1. The van der Waals surface area contributed by atoms with E-state index >= 15 is 0 Å². The van der Waals surface area contributed by atoms with E-state index in [1.807, 2.05) is 25.1 Å². The molecule has 1 heterocycles. The first-order valence-electron chi connectivity index (χ1n) is 6.21. The van der Waals surface area contributed by atoms with E-state index in [1.54, 1.807) is 6.08 Å². The molecular formula is C14H14N2O2. The van der Waals surface area contributed by atoms with Crippen molar-refractivity contribution in [2.75, 3.05) is 0 Å². The first kappa shape index (κ1) is 11.2. The first-order chi connectivity index (χ1) is 8.75. The minimum atomic E-state index is -0.440. The number of fused-ring (bicyclic) bond motifs is 1. The standard InChI is InChI=1S/C14H14N2O2/c1-10-16-13-11(5-4-6-12(13)18-10)14(15-9-17)7-2-3-8-14/h4-6H,2-3,7-8H2,1H3. The summed E-state index contributed by atoms with van der Waals surface area (Å²) in [5.74, 6) is 0.640. The van der Waals surface area contributed by atoms with Gasteiger partial charge in [0.05, 0.1) is 0 Å². The molecule has 1 aromatic carbocycles. The van der Waals surface area contributed by atoms with Gasteiger partial charge in [-0.2, -0.15) is 4.99 Å². The number of para-hydroxylation sites is 1. The molecule has 0 amide bonds. The van der Waals surface area contributed by atoms with Crippen LogP contribution < -0.4 is 0 Å². The van der Waals surface area contributed by atoms with E-state index in [4.69, 9.17) is 4.42 Å². The fourth-order valence-electron chi connectivity index (χ4n) is 2.92. The summed E-state index contributed by atoms with van der Waals surface area (Å²) < 4.78 is 5.54. The lowest BCUT2D eigenvalue weighted by atomic mass is 9.88. The number of oxazole rings is 1. The average molecular weight is 242 g/mol. The highest BCUT2D eigenvalue weighted by molar-refractivity contribution is 5.78. The maximum atomic E-state index is 10.7. The van der Waals surface area contributed by atoms with Gasteiger partial charge >= 0.3 is 0 Å². The van der Waals surface area contributed by atoms with Gasteiger partial charge < -0.3 is 4.42 Å². The Morgan fingerprint density at radius 2 is 2.17 bits per heavy atom. The summed E-state index contributed by atoms with van der Waals surface area (Å²) >= 11 is 0. The smallest absolute Gasteiger partial charge is 0.235 e. The summed E-state index contributed by atoms with van der Waals surface area (Å²) in [6.45, 7) is 1.83. The van der Waals surface area contributed by atoms with Crippen LogP contribution in [0, 0.1) is 6.92 Å². The van der Waals surface area contributed by atoms with Crippen molar-refractivity contribution in [3.8, 4) is 0 Å². The quantitative estimate of drug-likeness (QED) is 0.600. The maximum absolute atomic E-state index is 10.7. The van der Waals surface area contributed by atoms with E-state index in [0.717, 1.165) is 42.3 Å². The molecule has 0 N–H and O–H groups in total. The highest BCUT2D eigenvalue weighted by Gasteiger charge is 2.37. The molecule has 0 saturated heterocycles. The molecule has 4 nitrogen and oxygen atoms in total. The molecule has 0 bridgehead atoms. The molecule has 4 heteroatoms. The lowest BCUT2D eigenvalue weighted by molar-refractivity contribution is 0.459. The molecule has 0 spiro atoms. The molecule has 92 valence electrons. The van der Waals surface area contributed by atoms with Crippen LogP contribution in [0.25, 0.3) is 11.1 Å². The lowest BCUT2D eigenvalue weighted by Crippen LogP contribution is -2.19. The molecule has 0 aliphatic heterocycles. The molecule has 18 heavy (non-hydrogen) atoms. The highest BCUT2D eigenvalue weighted by atomic mass is 16.3. The molecule has 1 aliphatic carbocycles. The van der Waals surface area contributed by atoms with Crippen molar-refractivity contribution in [2.45, 2.75) is 38.1 Å². The van der Waals surface area contributed by atoms with Crippen molar-refractivity contribution >= 4 is 17.2 Å². The Labute approximate surface area is 105 Å². The van der Waals surface area contributed by atoms with E-state index < -0.39 is 5.54 Å². The second-order valence-electron chi connectivity index (χ2n) is 4.83. The van der Waals surface area contributed by atoms with Gasteiger partial charge in [0.15, 0.2) is 11.5 Å². The summed E-state index contributed by atoms with van der Waals surface area (Å²) in [5.41, 5.74) is 2.15. The lowest BCUT2D eigenvalue weighted by Gasteiger charge is -2.22. The molecule has 1 aromatic heterocycles. The van der Waals surface area contributed by atoms with Crippen LogP contribution in [-0.4, -0.2) is 11.1 Å². The van der Waals surface area contributed by atoms with Crippen LogP contribution in [0.4, 0.5) is 0 Å². The summed E-state index contributed by atoms with van der Waals surface area (Å²) in [7, 11) is 0. The van der Waals surface area contributed by atoms with Crippen molar-refractivity contribution in [1.82, 2.24) is 4.98 Å². The zero-order chi connectivity index (χ0) is 12.6. The van der Waals surface area contributed by atoms with Crippen LogP contribution in [0.1, 0.15) is 37.1 Å². The van der Waals surface area contributed by atoms with E-state index in [-0.39, 0.29) is 0 Å². The third-order valence-electron chi connectivity index (χ3n) is 3.72. The van der Waals surface area contributed by atoms with E-state index in [0.29, 0.717) is 5.89 Å². The molecule has 1 aliphatic rings. The summed E-state index contributed by atoms with van der Waals surface area (Å²) in [4.78, 5) is 19.3. The molecule has 3 rings (SSSR count). The Balaban J connectivity index is 2.26. The Hall–Kier alpha value is -1.93. The number of benzene rings is 1. The minimum Gasteiger partial charge on any atom is -0.441 e. The number of carbonyl (C=O) groups excluding carboxylic acids is 1. The highest BCUT2D eigenvalue weighted by Crippen LogP contribution is 2.44. The molecular weight excluding hydrogens is 228 g/mol. The Bertz CT molecular complexity index is 632. The average Bonchev–Trinajstić information content (AvgIpc) is 2.94. The molecule has 2 aromatic rings. The van der Waals surface area contributed by atoms with Crippen molar-refractivity contribution < 1.29 is 9.21 Å². The van der Waals surface area contributed by atoms with Crippen LogP contribution in [0.5, 0.6) is 0 Å². The van der Waals surface area contributed by atoms with Crippen LogP contribution in [0.2, 0.25) is 0 Å². The first-order valence-corrected chi connectivity index (χ1v) is 6.21. The SMILES string of the molecule is Cc1nc2c(C3(N=C=O)CCCC3)cccc2o1. The molecule has 0 unspecified atom stereocenters. The third kappa shape index (κ3) is 1.57. The minimum absolute atomic E-state index is 0.440. The van der Waals surface area contributed by atoms with Gasteiger partial charge in [-0.25, -0.2) is 9.78 Å². The molecule has 0 radical (unpaired) electrons. The Morgan fingerprint density at radius 1 is 1.39 bits per heavy atom. The van der Waals surface area contributed by atoms with E-state index in [9.17, 15) is 4.79 Å². The second-order valence-corrected chi connectivity index (χ2v) is 4.83. The number of rotatable bonds is 2. The van der Waals surface area contributed by atoms with Gasteiger partial charge in [-0.1, -0.05) is 25.0 Å². The van der Waals surface area contributed by atoms with Crippen molar-refractivity contribution in [2.24, 2.45) is 4.99 Å². The zero-order valence-electron chi connectivity index (χ0n) is 10.3. The third-order valence-corrected chi connectivity index (χ3v) is 3.72. The largest absolute Gasteiger partial charge is 0.441 e. The van der Waals surface area contributed by atoms with Gasteiger partial charge in [0.1, 0.15) is 11.1 Å². The Kier molecular flexibility index (Phi) is 2.53. The molecule has 1 saturated carbocycles. The van der Waals surface area contributed by atoms with Crippen LogP contribution in [-0.2, 0) is 10.3 Å². The molecule has 1 fully saturated rings. The van der Waals surface area contributed by atoms with E-state index in [1.165, 1.54) is 0 Å². The van der Waals surface area contributed by atoms with E-state index in [2.05, 4.69) is 9.98 Å². The fourth-order valence-corrected chi connectivity index (χ4v) is 2.92. The van der Waals surface area contributed by atoms with Gasteiger partial charge in [-0.3, -0.25) is 0 Å². The van der Waals surface area contributed by atoms with Crippen LogP contribution >= 0.6 is 0 Å². The van der Waals surface area contributed by atoms with Gasteiger partial charge in [0.2, 0.25) is 6.08 Å². The predicted molar refractivity (Wildman–Crippen MR) is 67.0 cm³/mol. The fraction of sp³-hybridized carbons (Fsp3) is 0.429. The Morgan fingerprint density at radius 3 is 2.89 bits per heavy atom. The predicted octanol–water partition coefficient (Wildman–Crippen LogP) is 3.24. The van der Waals surface area contributed by atoms with Crippen molar-refractivity contribution in [1.29, 1.82) is 0 Å². The summed E-state index contributed by atoms with van der Waals surface area (Å²) in [6, 6.07) is 5.82. The number of aryl methyl sites for hydroxylation is 1. The number of hydrogen-bond donors (Lipinski definition) is 0. The number of aliphatic imine (C=N–C) groups is 1. The topological polar surface area (TPSA) is 55.5 Å². The number of hydrogen-bond acceptors (Lipinski definition) is 4. The zero-order valence-corrected chi connectivity index (χ0v) is 10.3. The maximum Gasteiger partial charge on any atom is 0.235 e. The second kappa shape index (κ2) is 4.07. The summed E-state index contributed by atoms with van der Waals surface area (Å²) in [5, 5.41) is 0. The molecule has 0 atom stereocenters. The monoisotopic (exact) mass is 242 g/mol. The normalized spacial score (nSPS) is 17.8.